The predicted octanol–water partition coefficient (Wildman–Crippen LogP) is 2.90. The summed E-state index contributed by atoms with van der Waals surface area (Å²) in [5, 5.41) is 13.9. The van der Waals surface area contributed by atoms with Crippen molar-refractivity contribution in [1.82, 2.24) is 10.3 Å². The number of rotatable bonds is 6. The molecule has 0 radical (unpaired) electrons. The van der Waals surface area contributed by atoms with Gasteiger partial charge in [0.2, 0.25) is 11.5 Å². The molecule has 0 aromatic carbocycles. The minimum Gasteiger partial charge on any atom is -0.374 e. The third kappa shape index (κ3) is 3.52. The van der Waals surface area contributed by atoms with Crippen LogP contribution in [0.1, 0.15) is 42.8 Å². The molecule has 2 aliphatic rings. The van der Waals surface area contributed by atoms with Crippen LogP contribution >= 0.6 is 11.3 Å². The summed E-state index contributed by atoms with van der Waals surface area (Å²) >= 11 is 0.720. The van der Waals surface area contributed by atoms with E-state index in [1.54, 1.807) is 6.92 Å². The molecule has 0 unspecified atom stereocenters. The molecule has 2 fully saturated rings. The number of halogens is 3. The molecule has 0 aliphatic heterocycles. The Hall–Kier alpha value is -1.15. The molecule has 0 saturated heterocycles. The standard InChI is InChI=1S/C15H19F3N2O2S/c1-8-7-23-13(19-8)14(22,15(16,17)18)6-11(21)20-12(9-2-3-9)10-4-5-10/h7,9-10,12,22H,2-6H2,1H3,(H,20,21)/t14-/m0/s1. The first-order valence-corrected chi connectivity index (χ1v) is 8.60. The van der Waals surface area contributed by atoms with E-state index in [9.17, 15) is 23.1 Å². The summed E-state index contributed by atoms with van der Waals surface area (Å²) < 4.78 is 40.1. The molecular weight excluding hydrogens is 329 g/mol. The van der Waals surface area contributed by atoms with E-state index < -0.39 is 29.1 Å². The van der Waals surface area contributed by atoms with Gasteiger partial charge in [0.05, 0.1) is 6.42 Å². The monoisotopic (exact) mass is 348 g/mol. The van der Waals surface area contributed by atoms with E-state index in [4.69, 9.17) is 0 Å². The second-order valence-corrected chi connectivity index (χ2v) is 7.46. The Morgan fingerprint density at radius 1 is 1.39 bits per heavy atom. The third-order valence-electron chi connectivity index (χ3n) is 4.45. The zero-order valence-corrected chi connectivity index (χ0v) is 13.5. The van der Waals surface area contributed by atoms with Gasteiger partial charge in [-0.25, -0.2) is 4.98 Å². The summed E-state index contributed by atoms with van der Waals surface area (Å²) in [6, 6.07) is -0.0435. The van der Waals surface area contributed by atoms with E-state index in [1.165, 1.54) is 5.38 Å². The molecule has 0 bridgehead atoms. The lowest BCUT2D eigenvalue weighted by Crippen LogP contribution is -2.48. The summed E-state index contributed by atoms with van der Waals surface area (Å²) in [5.41, 5.74) is -2.84. The van der Waals surface area contributed by atoms with Crippen LogP contribution in [-0.2, 0) is 10.4 Å². The van der Waals surface area contributed by atoms with Crippen molar-refractivity contribution in [3.05, 3.63) is 16.1 Å². The molecule has 1 atom stereocenters. The third-order valence-corrected chi connectivity index (χ3v) is 5.56. The molecule has 2 aliphatic carbocycles. The van der Waals surface area contributed by atoms with Crippen LogP contribution in [0.3, 0.4) is 0 Å². The lowest BCUT2D eigenvalue weighted by molar-refractivity contribution is -0.267. The molecule has 128 valence electrons. The van der Waals surface area contributed by atoms with E-state index in [2.05, 4.69) is 10.3 Å². The minimum atomic E-state index is -4.96. The van der Waals surface area contributed by atoms with Crippen LogP contribution in [0.4, 0.5) is 13.2 Å². The highest BCUT2D eigenvalue weighted by atomic mass is 32.1. The molecule has 4 nitrogen and oxygen atoms in total. The van der Waals surface area contributed by atoms with Crippen molar-refractivity contribution >= 4 is 17.2 Å². The number of aryl methyl sites for hydroxylation is 1. The largest absolute Gasteiger partial charge is 0.424 e. The van der Waals surface area contributed by atoms with E-state index in [-0.39, 0.29) is 6.04 Å². The number of nitrogens with zero attached hydrogens (tertiary/aromatic N) is 1. The first kappa shape index (κ1) is 16.7. The fourth-order valence-electron chi connectivity index (χ4n) is 2.84. The van der Waals surface area contributed by atoms with Crippen molar-refractivity contribution in [3.8, 4) is 0 Å². The van der Waals surface area contributed by atoms with E-state index in [0.29, 0.717) is 17.5 Å². The van der Waals surface area contributed by atoms with Gasteiger partial charge in [0.15, 0.2) is 0 Å². The van der Waals surface area contributed by atoms with Crippen molar-refractivity contribution in [2.45, 2.75) is 56.8 Å². The van der Waals surface area contributed by atoms with Crippen LogP contribution in [0.5, 0.6) is 0 Å². The molecular formula is C15H19F3N2O2S. The maximum Gasteiger partial charge on any atom is 0.424 e. The molecule has 8 heteroatoms. The van der Waals surface area contributed by atoms with Gasteiger partial charge in [-0.3, -0.25) is 4.79 Å². The highest BCUT2D eigenvalue weighted by Gasteiger charge is 2.58. The number of thiazole rings is 1. The van der Waals surface area contributed by atoms with Gasteiger partial charge in [-0.2, -0.15) is 13.2 Å². The SMILES string of the molecule is Cc1csc([C@@](O)(CC(=O)NC(C2CC2)C2CC2)C(F)(F)F)n1. The van der Waals surface area contributed by atoms with Crippen LogP contribution in [-0.4, -0.2) is 28.2 Å². The molecule has 2 N–H and O–H groups in total. The van der Waals surface area contributed by atoms with Gasteiger partial charge in [-0.15, -0.1) is 11.3 Å². The summed E-state index contributed by atoms with van der Waals surface area (Å²) in [6.07, 6.45) is -1.96. The zero-order chi connectivity index (χ0) is 16.8. The summed E-state index contributed by atoms with van der Waals surface area (Å²) in [4.78, 5) is 15.9. The van der Waals surface area contributed by atoms with Gasteiger partial charge in [0, 0.05) is 17.1 Å². The molecule has 23 heavy (non-hydrogen) atoms. The average Bonchev–Trinajstić information content (AvgIpc) is 3.34. The second-order valence-electron chi connectivity index (χ2n) is 6.60. The number of hydrogen-bond donors (Lipinski definition) is 2. The lowest BCUT2D eigenvalue weighted by Gasteiger charge is -2.29. The number of hydrogen-bond acceptors (Lipinski definition) is 4. The van der Waals surface area contributed by atoms with Crippen molar-refractivity contribution in [1.29, 1.82) is 0 Å². The zero-order valence-electron chi connectivity index (χ0n) is 12.7. The Bertz CT molecular complexity index is 584. The average molecular weight is 348 g/mol. The lowest BCUT2D eigenvalue weighted by atomic mass is 9.98. The van der Waals surface area contributed by atoms with Crippen LogP contribution in [0.15, 0.2) is 5.38 Å². The Morgan fingerprint density at radius 3 is 2.35 bits per heavy atom. The topological polar surface area (TPSA) is 62.2 Å². The Labute approximate surface area is 136 Å². The van der Waals surface area contributed by atoms with Gasteiger partial charge in [-0.05, 0) is 44.4 Å². The van der Waals surface area contributed by atoms with Crippen LogP contribution in [0.25, 0.3) is 0 Å². The Balaban J connectivity index is 1.74. The quantitative estimate of drug-likeness (QED) is 0.831. The van der Waals surface area contributed by atoms with Crippen LogP contribution < -0.4 is 5.32 Å². The van der Waals surface area contributed by atoms with Crippen LogP contribution in [0, 0.1) is 18.8 Å². The first-order valence-electron chi connectivity index (χ1n) is 7.72. The highest BCUT2D eigenvalue weighted by Crippen LogP contribution is 2.46. The number of carbonyl (C=O) groups excluding carboxylic acids is 1. The fourth-order valence-corrected chi connectivity index (χ4v) is 3.76. The van der Waals surface area contributed by atoms with Crippen molar-refractivity contribution in [2.75, 3.05) is 0 Å². The van der Waals surface area contributed by atoms with Gasteiger partial charge >= 0.3 is 6.18 Å². The predicted molar refractivity (Wildman–Crippen MR) is 78.8 cm³/mol. The van der Waals surface area contributed by atoms with Crippen molar-refractivity contribution in [2.24, 2.45) is 11.8 Å². The minimum absolute atomic E-state index is 0.0435. The number of aromatic nitrogens is 1. The smallest absolute Gasteiger partial charge is 0.374 e. The summed E-state index contributed by atoms with van der Waals surface area (Å²) in [5.74, 6) is 0.00144. The molecule has 1 amide bonds. The fraction of sp³-hybridized carbons (Fsp3) is 0.733. The van der Waals surface area contributed by atoms with Gasteiger partial charge in [0.25, 0.3) is 0 Å². The summed E-state index contributed by atoms with van der Waals surface area (Å²) in [7, 11) is 0. The molecule has 1 aromatic heterocycles. The van der Waals surface area contributed by atoms with Gasteiger partial charge < -0.3 is 10.4 Å². The van der Waals surface area contributed by atoms with Gasteiger partial charge in [0.1, 0.15) is 5.01 Å². The maximum absolute atomic E-state index is 13.4. The molecule has 0 spiro atoms. The number of nitrogens with one attached hydrogen (secondary N) is 1. The molecule has 2 saturated carbocycles. The normalized spacial score (nSPS) is 21.3. The number of alkyl halides is 3. The molecule has 1 heterocycles. The van der Waals surface area contributed by atoms with Crippen molar-refractivity contribution in [3.63, 3.8) is 0 Å². The first-order chi connectivity index (χ1) is 10.7. The van der Waals surface area contributed by atoms with Crippen LogP contribution in [0.2, 0.25) is 0 Å². The number of amides is 1. The van der Waals surface area contributed by atoms with Gasteiger partial charge in [-0.1, -0.05) is 0 Å². The highest BCUT2D eigenvalue weighted by molar-refractivity contribution is 7.09. The molecule has 3 rings (SSSR count). The Kier molecular flexibility index (Phi) is 4.16. The van der Waals surface area contributed by atoms with Crippen molar-refractivity contribution < 1.29 is 23.1 Å². The van der Waals surface area contributed by atoms with E-state index >= 15 is 0 Å². The second kappa shape index (κ2) is 5.73. The Morgan fingerprint density at radius 2 is 1.96 bits per heavy atom. The number of carbonyl (C=O) groups is 1. The maximum atomic E-state index is 13.4. The number of aliphatic hydroxyl groups is 1. The molecule has 1 aromatic rings. The van der Waals surface area contributed by atoms with E-state index in [1.807, 2.05) is 0 Å². The summed E-state index contributed by atoms with van der Waals surface area (Å²) in [6.45, 7) is 1.55. The van der Waals surface area contributed by atoms with E-state index in [0.717, 1.165) is 37.0 Å².